The molecule has 1 N–H and O–H groups in total. The maximum Gasteiger partial charge on any atom is 0.146 e. The van der Waals surface area contributed by atoms with Gasteiger partial charge in [0.15, 0.2) is 0 Å². The molecular weight excluding hydrogens is 201 g/mol. The minimum absolute atomic E-state index is 0.124. The number of nitrogens with one attached hydrogen (secondary N) is 1. The van der Waals surface area contributed by atoms with Crippen molar-refractivity contribution in [3.05, 3.63) is 29.6 Å². The number of hydrogen-bond donors (Lipinski definition) is 1. The lowest BCUT2D eigenvalue weighted by atomic mass is 9.72. The van der Waals surface area contributed by atoms with E-state index in [1.165, 1.54) is 6.07 Å². The Morgan fingerprint density at radius 1 is 1.38 bits per heavy atom. The minimum Gasteiger partial charge on any atom is -0.382 e. The van der Waals surface area contributed by atoms with Gasteiger partial charge in [0.2, 0.25) is 0 Å². The summed E-state index contributed by atoms with van der Waals surface area (Å²) in [5, 5.41) is 3.20. The van der Waals surface area contributed by atoms with Crippen molar-refractivity contribution < 1.29 is 4.39 Å². The lowest BCUT2D eigenvalue weighted by Gasteiger charge is -2.32. The fourth-order valence-electron chi connectivity index (χ4n) is 2.41. The molecule has 88 valence electrons. The molecule has 2 atom stereocenters. The lowest BCUT2D eigenvalue weighted by Crippen LogP contribution is -2.25. The van der Waals surface area contributed by atoms with Crippen molar-refractivity contribution in [2.24, 2.45) is 11.3 Å². The van der Waals surface area contributed by atoms with Crippen LogP contribution in [0.4, 0.5) is 10.1 Å². The first-order chi connectivity index (χ1) is 7.41. The number of hydrogen-bond acceptors (Lipinski definition) is 1. The van der Waals surface area contributed by atoms with Crippen LogP contribution < -0.4 is 5.32 Å². The normalized spacial score (nSPS) is 21.4. The van der Waals surface area contributed by atoms with Crippen LogP contribution in [0.25, 0.3) is 0 Å². The quantitative estimate of drug-likeness (QED) is 0.755. The van der Waals surface area contributed by atoms with Gasteiger partial charge in [0.1, 0.15) is 5.82 Å². The number of para-hydroxylation sites is 1. The van der Waals surface area contributed by atoms with Crippen molar-refractivity contribution in [3.8, 4) is 0 Å². The Bertz CT molecular complexity index is 392. The SMILES string of the molecule is CC(C1CNc2c(F)cccc21)C(C)(C)C. The third kappa shape index (κ3) is 1.81. The van der Waals surface area contributed by atoms with E-state index in [0.717, 1.165) is 12.1 Å². The maximum absolute atomic E-state index is 13.6. The van der Waals surface area contributed by atoms with Gasteiger partial charge in [0.25, 0.3) is 0 Å². The van der Waals surface area contributed by atoms with E-state index >= 15 is 0 Å². The van der Waals surface area contributed by atoms with Gasteiger partial charge in [-0.2, -0.15) is 0 Å². The van der Waals surface area contributed by atoms with E-state index in [-0.39, 0.29) is 11.2 Å². The van der Waals surface area contributed by atoms with Crippen molar-refractivity contribution >= 4 is 5.69 Å². The van der Waals surface area contributed by atoms with Crippen LogP contribution >= 0.6 is 0 Å². The van der Waals surface area contributed by atoms with Gasteiger partial charge in [-0.25, -0.2) is 4.39 Å². The average molecular weight is 221 g/mol. The molecule has 0 fully saturated rings. The number of benzene rings is 1. The number of fused-ring (bicyclic) bond motifs is 1. The maximum atomic E-state index is 13.6. The molecule has 1 nitrogen and oxygen atoms in total. The highest BCUT2D eigenvalue weighted by Gasteiger charge is 2.34. The zero-order valence-electron chi connectivity index (χ0n) is 10.5. The Labute approximate surface area is 97.1 Å². The summed E-state index contributed by atoms with van der Waals surface area (Å²) in [4.78, 5) is 0. The first-order valence-electron chi connectivity index (χ1n) is 5.93. The van der Waals surface area contributed by atoms with Crippen molar-refractivity contribution in [3.63, 3.8) is 0 Å². The van der Waals surface area contributed by atoms with Crippen LogP contribution in [-0.4, -0.2) is 6.54 Å². The molecule has 2 heteroatoms. The van der Waals surface area contributed by atoms with Crippen molar-refractivity contribution in [1.29, 1.82) is 0 Å². The third-order valence-electron chi connectivity index (χ3n) is 3.91. The molecule has 1 aliphatic rings. The summed E-state index contributed by atoms with van der Waals surface area (Å²) in [5.41, 5.74) is 2.10. The second-order valence-electron chi connectivity index (χ2n) is 5.85. The van der Waals surface area contributed by atoms with E-state index in [4.69, 9.17) is 0 Å². The molecule has 2 unspecified atom stereocenters. The largest absolute Gasteiger partial charge is 0.382 e. The summed E-state index contributed by atoms with van der Waals surface area (Å²) in [7, 11) is 0. The zero-order chi connectivity index (χ0) is 11.9. The molecule has 0 radical (unpaired) electrons. The summed E-state index contributed by atoms with van der Waals surface area (Å²) in [6.45, 7) is 9.85. The average Bonchev–Trinajstić information content (AvgIpc) is 2.60. The van der Waals surface area contributed by atoms with E-state index in [2.05, 4.69) is 33.0 Å². The lowest BCUT2D eigenvalue weighted by molar-refractivity contribution is 0.228. The van der Waals surface area contributed by atoms with Gasteiger partial charge >= 0.3 is 0 Å². The standard InChI is InChI=1S/C14H20FN/c1-9(14(2,3)4)11-8-16-13-10(11)6-5-7-12(13)15/h5-7,9,11,16H,8H2,1-4H3. The predicted octanol–water partition coefficient (Wildman–Crippen LogP) is 4.02. The van der Waals surface area contributed by atoms with Gasteiger partial charge < -0.3 is 5.32 Å². The molecule has 0 amide bonds. The van der Waals surface area contributed by atoms with E-state index in [0.29, 0.717) is 17.5 Å². The van der Waals surface area contributed by atoms with E-state index < -0.39 is 0 Å². The van der Waals surface area contributed by atoms with Crippen LogP contribution in [-0.2, 0) is 0 Å². The molecule has 16 heavy (non-hydrogen) atoms. The molecule has 0 spiro atoms. The highest BCUT2D eigenvalue weighted by molar-refractivity contribution is 5.58. The third-order valence-corrected chi connectivity index (χ3v) is 3.91. The van der Waals surface area contributed by atoms with Crippen LogP contribution in [0.1, 0.15) is 39.2 Å². The Morgan fingerprint density at radius 2 is 2.06 bits per heavy atom. The molecule has 0 aliphatic carbocycles. The van der Waals surface area contributed by atoms with Crippen molar-refractivity contribution in [1.82, 2.24) is 0 Å². The van der Waals surface area contributed by atoms with Crippen molar-refractivity contribution in [2.75, 3.05) is 11.9 Å². The smallest absolute Gasteiger partial charge is 0.146 e. The van der Waals surface area contributed by atoms with Gasteiger partial charge in [-0.05, 0) is 23.0 Å². The molecule has 2 rings (SSSR count). The molecule has 0 aromatic heterocycles. The topological polar surface area (TPSA) is 12.0 Å². The van der Waals surface area contributed by atoms with Gasteiger partial charge in [0, 0.05) is 12.5 Å². The van der Waals surface area contributed by atoms with Crippen molar-refractivity contribution in [2.45, 2.75) is 33.6 Å². The second-order valence-corrected chi connectivity index (χ2v) is 5.85. The fraction of sp³-hybridized carbons (Fsp3) is 0.571. The van der Waals surface area contributed by atoms with E-state index in [9.17, 15) is 4.39 Å². The Kier molecular flexibility index (Phi) is 2.69. The molecule has 1 aromatic carbocycles. The summed E-state index contributed by atoms with van der Waals surface area (Å²) < 4.78 is 13.6. The van der Waals surface area contributed by atoms with Crippen LogP contribution in [0.5, 0.6) is 0 Å². The Morgan fingerprint density at radius 3 is 2.69 bits per heavy atom. The summed E-state index contributed by atoms with van der Waals surface area (Å²) >= 11 is 0. The van der Waals surface area contributed by atoms with Gasteiger partial charge in [-0.15, -0.1) is 0 Å². The molecule has 0 saturated heterocycles. The Balaban J connectivity index is 2.34. The molecule has 0 bridgehead atoms. The Hall–Kier alpha value is -1.05. The summed E-state index contributed by atoms with van der Waals surface area (Å²) in [6.07, 6.45) is 0. The number of rotatable bonds is 1. The highest BCUT2D eigenvalue weighted by atomic mass is 19.1. The fourth-order valence-corrected chi connectivity index (χ4v) is 2.41. The molecule has 1 aliphatic heterocycles. The number of halogens is 1. The predicted molar refractivity (Wildman–Crippen MR) is 66.2 cm³/mol. The van der Waals surface area contributed by atoms with E-state index in [1.54, 1.807) is 0 Å². The van der Waals surface area contributed by atoms with Crippen LogP contribution in [0.15, 0.2) is 18.2 Å². The molecule has 1 aromatic rings. The van der Waals surface area contributed by atoms with Crippen LogP contribution in [0.2, 0.25) is 0 Å². The summed E-state index contributed by atoms with van der Waals surface area (Å²) in [5.74, 6) is 0.829. The molecule has 0 saturated carbocycles. The van der Waals surface area contributed by atoms with E-state index in [1.807, 2.05) is 12.1 Å². The van der Waals surface area contributed by atoms with Gasteiger partial charge in [0.05, 0.1) is 5.69 Å². The van der Waals surface area contributed by atoms with Gasteiger partial charge in [-0.3, -0.25) is 0 Å². The van der Waals surface area contributed by atoms with Crippen LogP contribution in [0.3, 0.4) is 0 Å². The second kappa shape index (κ2) is 3.76. The first-order valence-corrected chi connectivity index (χ1v) is 5.93. The summed E-state index contributed by atoms with van der Waals surface area (Å²) in [6, 6.07) is 5.38. The molecule has 1 heterocycles. The minimum atomic E-state index is -0.124. The monoisotopic (exact) mass is 221 g/mol. The zero-order valence-corrected chi connectivity index (χ0v) is 10.5. The molecular formula is C14H20FN. The van der Waals surface area contributed by atoms with Crippen LogP contribution in [0, 0.1) is 17.2 Å². The first kappa shape index (κ1) is 11.4. The highest BCUT2D eigenvalue weighted by Crippen LogP contribution is 2.43. The van der Waals surface area contributed by atoms with Gasteiger partial charge in [-0.1, -0.05) is 39.8 Å². The number of anilines is 1.